The number of halogens is 3. The highest BCUT2D eigenvalue weighted by molar-refractivity contribution is 5.73. The van der Waals surface area contributed by atoms with Crippen molar-refractivity contribution in [3.05, 3.63) is 71.3 Å². The van der Waals surface area contributed by atoms with Crippen LogP contribution in [0.5, 0.6) is 0 Å². The molecule has 2 aromatic carbocycles. The van der Waals surface area contributed by atoms with Gasteiger partial charge in [-0.1, -0.05) is 55.0 Å². The first-order valence-corrected chi connectivity index (χ1v) is 8.59. The zero-order valence-electron chi connectivity index (χ0n) is 14.1. The highest BCUT2D eigenvalue weighted by atomic mass is 19.4. The van der Waals surface area contributed by atoms with Crippen LogP contribution in [-0.2, 0) is 11.0 Å². The number of hydrogen-bond donors (Lipinski definition) is 1. The lowest BCUT2D eigenvalue weighted by Gasteiger charge is -2.40. The Morgan fingerprint density at radius 2 is 1.69 bits per heavy atom. The summed E-state index contributed by atoms with van der Waals surface area (Å²) < 4.78 is 40.8. The van der Waals surface area contributed by atoms with Gasteiger partial charge in [0.05, 0.1) is 11.6 Å². The number of rotatable bonds is 4. The Balaban J connectivity index is 2.16. The summed E-state index contributed by atoms with van der Waals surface area (Å²) >= 11 is 0. The Morgan fingerprint density at radius 3 is 2.35 bits per heavy atom. The summed E-state index contributed by atoms with van der Waals surface area (Å²) in [5, 5.41) is 9.62. The van der Waals surface area contributed by atoms with Crippen molar-refractivity contribution in [1.29, 1.82) is 0 Å². The third-order valence-corrected chi connectivity index (χ3v) is 4.84. The van der Waals surface area contributed by atoms with Crippen LogP contribution in [0.15, 0.2) is 54.6 Å². The van der Waals surface area contributed by atoms with Gasteiger partial charge in [-0.2, -0.15) is 13.2 Å². The minimum atomic E-state index is -4.50. The van der Waals surface area contributed by atoms with Gasteiger partial charge in [0, 0.05) is 0 Å². The van der Waals surface area contributed by atoms with Crippen LogP contribution < -0.4 is 0 Å². The number of piperidine rings is 1. The number of carboxylic acid groups (broad SMARTS) is 1. The predicted molar refractivity (Wildman–Crippen MR) is 91.7 cm³/mol. The van der Waals surface area contributed by atoms with Crippen molar-refractivity contribution < 1.29 is 23.1 Å². The van der Waals surface area contributed by atoms with Crippen LogP contribution >= 0.6 is 0 Å². The van der Waals surface area contributed by atoms with Gasteiger partial charge in [-0.05, 0) is 36.6 Å². The molecule has 1 heterocycles. The lowest BCUT2D eigenvalue weighted by Crippen LogP contribution is -2.47. The fourth-order valence-electron chi connectivity index (χ4n) is 3.71. The number of likely N-dealkylation sites (tertiary alicyclic amines) is 1. The van der Waals surface area contributed by atoms with Crippen molar-refractivity contribution in [2.75, 3.05) is 6.54 Å². The van der Waals surface area contributed by atoms with Crippen molar-refractivity contribution in [3.63, 3.8) is 0 Å². The van der Waals surface area contributed by atoms with Crippen LogP contribution in [0, 0.1) is 0 Å². The summed E-state index contributed by atoms with van der Waals surface area (Å²) in [5.41, 5.74) is 0.0419. The van der Waals surface area contributed by atoms with Crippen LogP contribution in [0.1, 0.15) is 42.0 Å². The van der Waals surface area contributed by atoms with Crippen molar-refractivity contribution in [2.45, 2.75) is 37.5 Å². The first kappa shape index (κ1) is 18.5. The smallest absolute Gasteiger partial charge is 0.416 e. The molecule has 0 bridgehead atoms. The third kappa shape index (κ3) is 3.75. The fraction of sp³-hybridized carbons (Fsp3) is 0.350. The highest BCUT2D eigenvalue weighted by Crippen LogP contribution is 2.41. The van der Waals surface area contributed by atoms with Crippen LogP contribution in [-0.4, -0.2) is 28.6 Å². The van der Waals surface area contributed by atoms with Gasteiger partial charge in [-0.25, -0.2) is 0 Å². The molecule has 138 valence electrons. The molecule has 0 amide bonds. The van der Waals surface area contributed by atoms with Gasteiger partial charge >= 0.3 is 12.1 Å². The molecular formula is C20H20F3NO2. The quantitative estimate of drug-likeness (QED) is 0.853. The fourth-order valence-corrected chi connectivity index (χ4v) is 3.71. The summed E-state index contributed by atoms with van der Waals surface area (Å²) in [5.74, 6) is -0.991. The minimum absolute atomic E-state index is 0.0966. The van der Waals surface area contributed by atoms with Gasteiger partial charge < -0.3 is 5.11 Å². The molecule has 2 atom stereocenters. The van der Waals surface area contributed by atoms with E-state index in [-0.39, 0.29) is 5.56 Å². The first-order chi connectivity index (χ1) is 12.4. The lowest BCUT2D eigenvalue weighted by atomic mass is 9.89. The Bertz CT molecular complexity index is 761. The number of carboxylic acids is 1. The van der Waals surface area contributed by atoms with E-state index < -0.39 is 29.8 Å². The highest BCUT2D eigenvalue weighted by Gasteiger charge is 2.40. The van der Waals surface area contributed by atoms with Crippen molar-refractivity contribution in [2.24, 2.45) is 0 Å². The van der Waals surface area contributed by atoms with E-state index in [2.05, 4.69) is 0 Å². The Labute approximate surface area is 150 Å². The average molecular weight is 363 g/mol. The Morgan fingerprint density at radius 1 is 1.04 bits per heavy atom. The number of carbonyl (C=O) groups is 1. The molecule has 1 aliphatic heterocycles. The number of hydrogen-bond acceptors (Lipinski definition) is 2. The molecule has 26 heavy (non-hydrogen) atoms. The van der Waals surface area contributed by atoms with Gasteiger partial charge in [-0.15, -0.1) is 0 Å². The van der Waals surface area contributed by atoms with Gasteiger partial charge in [0.2, 0.25) is 0 Å². The molecule has 0 radical (unpaired) electrons. The monoisotopic (exact) mass is 363 g/mol. The second-order valence-corrected chi connectivity index (χ2v) is 6.49. The predicted octanol–water partition coefficient (Wildman–Crippen LogP) is 4.73. The van der Waals surface area contributed by atoms with E-state index in [1.165, 1.54) is 12.1 Å². The van der Waals surface area contributed by atoms with Crippen molar-refractivity contribution in [1.82, 2.24) is 4.90 Å². The molecule has 0 aromatic heterocycles. The van der Waals surface area contributed by atoms with Crippen molar-refractivity contribution in [3.8, 4) is 0 Å². The van der Waals surface area contributed by atoms with Gasteiger partial charge in [0.1, 0.15) is 6.04 Å². The summed E-state index contributed by atoms with van der Waals surface area (Å²) in [6.45, 7) is 0.447. The number of benzene rings is 2. The molecule has 3 nitrogen and oxygen atoms in total. The Kier molecular flexibility index (Phi) is 5.32. The van der Waals surface area contributed by atoms with Crippen LogP contribution in [0.25, 0.3) is 0 Å². The van der Waals surface area contributed by atoms with E-state index in [1.54, 1.807) is 41.3 Å². The second-order valence-electron chi connectivity index (χ2n) is 6.49. The maximum absolute atomic E-state index is 13.6. The minimum Gasteiger partial charge on any atom is -0.480 e. The largest absolute Gasteiger partial charge is 0.480 e. The molecule has 3 rings (SSSR count). The van der Waals surface area contributed by atoms with E-state index >= 15 is 0 Å². The van der Waals surface area contributed by atoms with Gasteiger partial charge in [-0.3, -0.25) is 9.69 Å². The SMILES string of the molecule is O=C(O)C1CCCCN1C(c1ccccc1)c1ccccc1C(F)(F)F. The van der Waals surface area contributed by atoms with E-state index in [9.17, 15) is 23.1 Å². The number of aliphatic carboxylic acids is 1. The zero-order valence-corrected chi connectivity index (χ0v) is 14.1. The average Bonchev–Trinajstić information content (AvgIpc) is 2.63. The molecule has 1 fully saturated rings. The van der Waals surface area contributed by atoms with E-state index in [1.807, 2.05) is 0 Å². The summed E-state index contributed by atoms with van der Waals surface area (Å²) in [6, 6.07) is 12.7. The number of nitrogens with zero attached hydrogens (tertiary/aromatic N) is 1. The molecule has 6 heteroatoms. The normalized spacial score (nSPS) is 19.9. The second kappa shape index (κ2) is 7.50. The molecule has 2 aromatic rings. The molecule has 0 spiro atoms. The number of alkyl halides is 3. The molecule has 1 aliphatic rings. The third-order valence-electron chi connectivity index (χ3n) is 4.84. The van der Waals surface area contributed by atoms with Crippen LogP contribution in [0.2, 0.25) is 0 Å². The standard InChI is InChI=1S/C20H20F3NO2/c21-20(22,23)16-11-5-4-10-15(16)18(14-8-2-1-3-9-14)24-13-7-6-12-17(24)19(25)26/h1-5,8-11,17-18H,6-7,12-13H2,(H,25,26). The summed E-state index contributed by atoms with van der Waals surface area (Å²) in [6.07, 6.45) is -2.54. The molecular weight excluding hydrogens is 343 g/mol. The van der Waals surface area contributed by atoms with E-state index in [0.717, 1.165) is 18.9 Å². The zero-order chi connectivity index (χ0) is 18.7. The Hall–Kier alpha value is -2.34. The molecule has 2 unspecified atom stereocenters. The van der Waals surface area contributed by atoms with Gasteiger partial charge in [0.25, 0.3) is 0 Å². The molecule has 0 aliphatic carbocycles. The first-order valence-electron chi connectivity index (χ1n) is 8.59. The van der Waals surface area contributed by atoms with E-state index in [0.29, 0.717) is 18.5 Å². The van der Waals surface area contributed by atoms with Crippen molar-refractivity contribution >= 4 is 5.97 Å². The summed E-state index contributed by atoms with van der Waals surface area (Å²) in [7, 11) is 0. The van der Waals surface area contributed by atoms with Crippen LogP contribution in [0.3, 0.4) is 0 Å². The van der Waals surface area contributed by atoms with E-state index in [4.69, 9.17) is 0 Å². The maximum atomic E-state index is 13.6. The van der Waals surface area contributed by atoms with Gasteiger partial charge in [0.15, 0.2) is 0 Å². The lowest BCUT2D eigenvalue weighted by molar-refractivity contribution is -0.145. The summed E-state index contributed by atoms with van der Waals surface area (Å²) in [4.78, 5) is 13.4. The van der Waals surface area contributed by atoms with Crippen LogP contribution in [0.4, 0.5) is 13.2 Å². The molecule has 1 N–H and O–H groups in total. The molecule has 1 saturated heterocycles. The topological polar surface area (TPSA) is 40.5 Å². The maximum Gasteiger partial charge on any atom is 0.416 e. The molecule has 0 saturated carbocycles.